The molecule has 0 fully saturated rings. The van der Waals surface area contributed by atoms with Gasteiger partial charge < -0.3 is 33.2 Å². The van der Waals surface area contributed by atoms with Crippen LogP contribution in [0.3, 0.4) is 0 Å². The average molecular weight is 789 g/mol. The number of rotatable bonds is 32. The first-order valence-electron chi connectivity index (χ1n) is 23.0. The third-order valence-corrected chi connectivity index (χ3v) is 10.5. The topological polar surface area (TPSA) is 64.6 Å². The van der Waals surface area contributed by atoms with Gasteiger partial charge in [-0.05, 0) is 102 Å². The van der Waals surface area contributed by atoms with Crippen molar-refractivity contribution in [1.82, 2.24) is 0 Å². The third kappa shape index (κ3) is 13.4. The molecule has 0 saturated carbocycles. The van der Waals surface area contributed by atoms with Gasteiger partial charge in [0.1, 0.15) is 0 Å². The quantitative estimate of drug-likeness (QED) is 0.0361. The Hall–Kier alpha value is -3.74. The Morgan fingerprint density at radius 3 is 0.912 bits per heavy atom. The van der Waals surface area contributed by atoms with Crippen LogP contribution in [0.5, 0.6) is 40.2 Å². The second-order valence-corrected chi connectivity index (χ2v) is 15.5. The average Bonchev–Trinajstić information content (AvgIpc) is 3.22. The molecule has 7 nitrogen and oxygen atoms in total. The first kappa shape index (κ1) is 46.0. The van der Waals surface area contributed by atoms with Gasteiger partial charge in [-0.15, -0.1) is 0 Å². The van der Waals surface area contributed by atoms with Crippen molar-refractivity contribution in [1.29, 1.82) is 0 Å². The summed E-state index contributed by atoms with van der Waals surface area (Å²) in [6.45, 7) is 19.7. The fourth-order valence-corrected chi connectivity index (χ4v) is 6.96. The Balaban J connectivity index is 2.14. The van der Waals surface area contributed by atoms with Crippen LogP contribution in [0.4, 0.5) is 0 Å². The second-order valence-electron chi connectivity index (χ2n) is 15.5. The smallest absolute Gasteiger partial charge is 0.204 e. The van der Waals surface area contributed by atoms with Crippen LogP contribution in [0.25, 0.3) is 32.3 Å². The zero-order chi connectivity index (χ0) is 40.7. The molecule has 318 valence electrons. The molecule has 0 saturated heterocycles. The van der Waals surface area contributed by atoms with Crippen LogP contribution in [-0.2, 0) is 0 Å². The standard InChI is InChI=1S/C50H76O7/c1-8-15-22-24-31-56-49-47(55-30-21-14-7)37-42-40-35-44(52-27-18-11-4)43(51-26-17-10-3)33-38(40)39-34-45(53-28-19-12-5)46(54-29-20-13-6)36-41(39)48(42)50(49)57-32-25-23-16-9-2/h33-37H,8-32H2,1-7H3. The van der Waals surface area contributed by atoms with E-state index in [9.17, 15) is 0 Å². The van der Waals surface area contributed by atoms with Gasteiger partial charge in [-0.25, -0.2) is 0 Å². The molecule has 0 amide bonds. The molecule has 4 aromatic rings. The predicted molar refractivity (Wildman–Crippen MR) is 240 cm³/mol. The Labute approximate surface area is 345 Å². The summed E-state index contributed by atoms with van der Waals surface area (Å²) in [6.07, 6.45) is 19.0. The van der Waals surface area contributed by atoms with Crippen LogP contribution in [0.1, 0.15) is 164 Å². The fraction of sp³-hybridized carbons (Fsp3) is 0.640. The summed E-state index contributed by atoms with van der Waals surface area (Å²) < 4.78 is 46.6. The summed E-state index contributed by atoms with van der Waals surface area (Å²) in [5.74, 6) is 5.22. The molecule has 0 aliphatic rings. The minimum Gasteiger partial charge on any atom is -0.490 e. The van der Waals surface area contributed by atoms with Gasteiger partial charge in [-0.2, -0.15) is 0 Å². The van der Waals surface area contributed by atoms with Crippen LogP contribution in [0.2, 0.25) is 0 Å². The molecular formula is C50H76O7. The summed E-state index contributed by atoms with van der Waals surface area (Å²) in [5.41, 5.74) is 0. The minimum absolute atomic E-state index is 0.590. The zero-order valence-corrected chi connectivity index (χ0v) is 36.9. The van der Waals surface area contributed by atoms with Crippen molar-refractivity contribution in [3.05, 3.63) is 30.3 Å². The molecule has 0 radical (unpaired) electrons. The van der Waals surface area contributed by atoms with E-state index in [2.05, 4.69) is 78.8 Å². The van der Waals surface area contributed by atoms with Gasteiger partial charge in [0.2, 0.25) is 5.75 Å². The molecule has 0 unspecified atom stereocenters. The van der Waals surface area contributed by atoms with E-state index in [4.69, 9.17) is 33.2 Å². The lowest BCUT2D eigenvalue weighted by Gasteiger charge is -2.23. The van der Waals surface area contributed by atoms with Gasteiger partial charge >= 0.3 is 0 Å². The van der Waals surface area contributed by atoms with E-state index in [1.807, 2.05) is 0 Å². The first-order valence-corrected chi connectivity index (χ1v) is 23.0. The van der Waals surface area contributed by atoms with Gasteiger partial charge in [0.15, 0.2) is 34.5 Å². The number of fused-ring (bicyclic) bond motifs is 6. The number of hydrogen-bond donors (Lipinski definition) is 0. The molecule has 0 atom stereocenters. The van der Waals surface area contributed by atoms with Gasteiger partial charge in [0.05, 0.1) is 46.2 Å². The van der Waals surface area contributed by atoms with E-state index in [0.29, 0.717) is 52.0 Å². The summed E-state index contributed by atoms with van der Waals surface area (Å²) in [4.78, 5) is 0. The highest BCUT2D eigenvalue weighted by Crippen LogP contribution is 2.52. The summed E-state index contributed by atoms with van der Waals surface area (Å²) in [5, 5.41) is 6.23. The lowest BCUT2D eigenvalue weighted by Crippen LogP contribution is -2.07. The van der Waals surface area contributed by atoms with E-state index in [0.717, 1.165) is 157 Å². The third-order valence-electron chi connectivity index (χ3n) is 10.5. The maximum absolute atomic E-state index is 6.99. The van der Waals surface area contributed by atoms with E-state index in [-0.39, 0.29) is 0 Å². The van der Waals surface area contributed by atoms with Crippen molar-refractivity contribution in [3.63, 3.8) is 0 Å². The molecule has 0 N–H and O–H groups in total. The largest absolute Gasteiger partial charge is 0.490 e. The Morgan fingerprint density at radius 2 is 0.544 bits per heavy atom. The molecule has 0 heterocycles. The number of ether oxygens (including phenoxy) is 7. The molecule has 0 aliphatic carbocycles. The molecule has 4 aromatic carbocycles. The number of hydrogen-bond acceptors (Lipinski definition) is 7. The van der Waals surface area contributed by atoms with Crippen molar-refractivity contribution < 1.29 is 33.2 Å². The van der Waals surface area contributed by atoms with Crippen LogP contribution >= 0.6 is 0 Å². The van der Waals surface area contributed by atoms with Gasteiger partial charge in [-0.1, -0.05) is 119 Å². The predicted octanol–water partition coefficient (Wildman–Crippen LogP) is 15.0. The summed E-state index contributed by atoms with van der Waals surface area (Å²) >= 11 is 0. The lowest BCUT2D eigenvalue weighted by atomic mass is 9.92. The highest BCUT2D eigenvalue weighted by molar-refractivity contribution is 6.28. The first-order chi connectivity index (χ1) is 28.1. The maximum atomic E-state index is 6.99. The molecule has 0 aromatic heterocycles. The van der Waals surface area contributed by atoms with Gasteiger partial charge in [0.25, 0.3) is 0 Å². The molecule has 4 rings (SSSR count). The van der Waals surface area contributed by atoms with Crippen molar-refractivity contribution in [3.8, 4) is 40.2 Å². The van der Waals surface area contributed by atoms with Crippen LogP contribution in [-0.4, -0.2) is 46.2 Å². The van der Waals surface area contributed by atoms with E-state index in [1.54, 1.807) is 0 Å². The number of unbranched alkanes of at least 4 members (excludes halogenated alkanes) is 11. The summed E-state index contributed by atoms with van der Waals surface area (Å²) in [6, 6.07) is 10.9. The Kier molecular flexibility index (Phi) is 21.2. The molecule has 0 spiro atoms. The van der Waals surface area contributed by atoms with Crippen LogP contribution in [0.15, 0.2) is 30.3 Å². The van der Waals surface area contributed by atoms with Gasteiger partial charge in [0, 0.05) is 5.39 Å². The van der Waals surface area contributed by atoms with E-state index in [1.165, 1.54) is 25.7 Å². The molecule has 7 heteroatoms. The molecule has 0 aliphatic heterocycles. The molecular weight excluding hydrogens is 713 g/mol. The van der Waals surface area contributed by atoms with Crippen molar-refractivity contribution >= 4 is 32.3 Å². The highest BCUT2D eigenvalue weighted by atomic mass is 16.5. The number of benzene rings is 4. The highest BCUT2D eigenvalue weighted by Gasteiger charge is 2.25. The Morgan fingerprint density at radius 1 is 0.263 bits per heavy atom. The minimum atomic E-state index is 0.590. The van der Waals surface area contributed by atoms with Crippen LogP contribution in [0, 0.1) is 0 Å². The lowest BCUT2D eigenvalue weighted by molar-refractivity contribution is 0.237. The van der Waals surface area contributed by atoms with E-state index < -0.39 is 0 Å². The maximum Gasteiger partial charge on any atom is 0.204 e. The zero-order valence-electron chi connectivity index (χ0n) is 36.9. The normalized spacial score (nSPS) is 11.4. The SMILES string of the molecule is CCCCCCOc1c(OCCCC)cc2c3cc(OCCCC)c(OCCCC)cc3c3cc(OCCCC)c(OCCCC)cc3c2c1OCCCCCC. The monoisotopic (exact) mass is 789 g/mol. The van der Waals surface area contributed by atoms with Crippen molar-refractivity contribution in [2.45, 2.75) is 164 Å². The van der Waals surface area contributed by atoms with E-state index >= 15 is 0 Å². The van der Waals surface area contributed by atoms with Crippen molar-refractivity contribution in [2.24, 2.45) is 0 Å². The fourth-order valence-electron chi connectivity index (χ4n) is 6.96. The molecule has 57 heavy (non-hydrogen) atoms. The van der Waals surface area contributed by atoms with Gasteiger partial charge in [-0.3, -0.25) is 0 Å². The van der Waals surface area contributed by atoms with Crippen molar-refractivity contribution in [2.75, 3.05) is 46.2 Å². The second kappa shape index (κ2) is 26.3. The summed E-state index contributed by atoms with van der Waals surface area (Å²) in [7, 11) is 0. The Bertz CT molecular complexity index is 1700. The van der Waals surface area contributed by atoms with Crippen LogP contribution < -0.4 is 33.2 Å². The molecule has 0 bridgehead atoms.